The first kappa shape index (κ1) is 15.9. The second-order valence-electron chi connectivity index (χ2n) is 4.54. The average Bonchev–Trinajstić information content (AvgIpc) is 2.38. The van der Waals surface area contributed by atoms with Crippen LogP contribution in [-0.4, -0.2) is 52.6 Å². The van der Waals surface area contributed by atoms with Gasteiger partial charge in [-0.3, -0.25) is 4.79 Å². The summed E-state index contributed by atoms with van der Waals surface area (Å²) >= 11 is 1.71. The van der Waals surface area contributed by atoms with Gasteiger partial charge in [-0.2, -0.15) is 11.8 Å². The average molecular weight is 286 g/mol. The fraction of sp³-hybridized carbons (Fsp3) is 0.692. The Balaban J connectivity index is 2.34. The first-order valence-electron chi connectivity index (χ1n) is 6.60. The van der Waals surface area contributed by atoms with Gasteiger partial charge in [-0.15, -0.1) is 6.58 Å². The van der Waals surface area contributed by atoms with Crippen molar-refractivity contribution >= 4 is 23.8 Å². The predicted octanol–water partition coefficient (Wildman–Crippen LogP) is 1.94. The number of carbonyl (C=O) groups excluding carboxylic acids is 1. The molecule has 0 aromatic rings. The Labute approximate surface area is 118 Å². The lowest BCUT2D eigenvalue weighted by Crippen LogP contribution is -2.49. The van der Waals surface area contributed by atoms with Crippen LogP contribution in [0.1, 0.15) is 25.7 Å². The van der Waals surface area contributed by atoms with Crippen LogP contribution in [0.5, 0.6) is 0 Å². The molecule has 0 radical (unpaired) electrons. The lowest BCUT2D eigenvalue weighted by molar-refractivity contribution is -0.138. The van der Waals surface area contributed by atoms with Crippen molar-refractivity contribution in [2.75, 3.05) is 24.6 Å². The van der Waals surface area contributed by atoms with Gasteiger partial charge in [-0.1, -0.05) is 6.08 Å². The lowest BCUT2D eigenvalue weighted by Gasteiger charge is -2.34. The molecule has 0 aromatic carbocycles. The topological polar surface area (TPSA) is 69.6 Å². The number of hydrogen-bond acceptors (Lipinski definition) is 3. The molecule has 2 amide bonds. The molecular weight excluding hydrogens is 264 g/mol. The van der Waals surface area contributed by atoms with E-state index >= 15 is 0 Å². The fourth-order valence-electron chi connectivity index (χ4n) is 2.18. The van der Waals surface area contributed by atoms with E-state index in [4.69, 9.17) is 5.11 Å². The number of urea groups is 1. The number of thioether (sulfide) groups is 1. The number of likely N-dealkylation sites (tertiary alicyclic amines) is 1. The van der Waals surface area contributed by atoms with Crippen LogP contribution in [0.3, 0.4) is 0 Å². The molecule has 19 heavy (non-hydrogen) atoms. The van der Waals surface area contributed by atoms with Crippen molar-refractivity contribution in [3.8, 4) is 0 Å². The fourth-order valence-corrected chi connectivity index (χ4v) is 2.76. The second kappa shape index (κ2) is 8.85. The molecule has 1 aliphatic heterocycles. The van der Waals surface area contributed by atoms with E-state index < -0.39 is 5.97 Å². The maximum Gasteiger partial charge on any atom is 0.317 e. The molecule has 1 atom stereocenters. The van der Waals surface area contributed by atoms with Crippen LogP contribution in [0.25, 0.3) is 0 Å². The molecular formula is C13H22N2O3S. The molecule has 1 saturated heterocycles. The highest BCUT2D eigenvalue weighted by atomic mass is 32.2. The van der Waals surface area contributed by atoms with E-state index in [2.05, 4.69) is 11.9 Å². The molecule has 1 unspecified atom stereocenters. The third-order valence-corrected chi connectivity index (χ3v) is 4.02. The Hall–Kier alpha value is -1.17. The van der Waals surface area contributed by atoms with Gasteiger partial charge in [-0.25, -0.2) is 4.79 Å². The van der Waals surface area contributed by atoms with Crippen molar-refractivity contribution in [2.24, 2.45) is 0 Å². The highest BCUT2D eigenvalue weighted by molar-refractivity contribution is 7.99. The van der Waals surface area contributed by atoms with Crippen LogP contribution in [0.2, 0.25) is 0 Å². The standard InChI is InChI=1S/C13H22N2O3S/c1-2-8-19-9-6-14-13(18)15-7-4-3-5-11(15)10-12(16)17/h2,11H,1,3-10H2,(H,14,18)(H,16,17). The molecule has 1 aliphatic rings. The van der Waals surface area contributed by atoms with Gasteiger partial charge in [0.2, 0.25) is 0 Å². The number of hydrogen-bond donors (Lipinski definition) is 2. The first-order chi connectivity index (χ1) is 9.15. The van der Waals surface area contributed by atoms with Crippen LogP contribution in [0.15, 0.2) is 12.7 Å². The van der Waals surface area contributed by atoms with Gasteiger partial charge >= 0.3 is 12.0 Å². The summed E-state index contributed by atoms with van der Waals surface area (Å²) in [7, 11) is 0. The van der Waals surface area contributed by atoms with Crippen LogP contribution in [0, 0.1) is 0 Å². The molecule has 1 heterocycles. The van der Waals surface area contributed by atoms with Gasteiger partial charge < -0.3 is 15.3 Å². The van der Waals surface area contributed by atoms with Crippen LogP contribution >= 0.6 is 11.8 Å². The van der Waals surface area contributed by atoms with Gasteiger partial charge in [-0.05, 0) is 19.3 Å². The first-order valence-corrected chi connectivity index (χ1v) is 7.75. The molecule has 0 aliphatic carbocycles. The van der Waals surface area contributed by atoms with Gasteiger partial charge in [0.15, 0.2) is 0 Å². The van der Waals surface area contributed by atoms with Gasteiger partial charge in [0.05, 0.1) is 6.42 Å². The molecule has 1 fully saturated rings. The SMILES string of the molecule is C=CCSCCNC(=O)N1CCCCC1CC(=O)O. The zero-order valence-electron chi connectivity index (χ0n) is 11.1. The largest absolute Gasteiger partial charge is 0.481 e. The summed E-state index contributed by atoms with van der Waals surface area (Å²) in [6.07, 6.45) is 4.61. The molecule has 2 N–H and O–H groups in total. The Morgan fingerprint density at radius 3 is 2.95 bits per heavy atom. The van der Waals surface area contributed by atoms with E-state index in [0.29, 0.717) is 13.1 Å². The molecule has 1 rings (SSSR count). The van der Waals surface area contributed by atoms with Crippen molar-refractivity contribution in [1.29, 1.82) is 0 Å². The summed E-state index contributed by atoms with van der Waals surface area (Å²) in [5.41, 5.74) is 0. The summed E-state index contributed by atoms with van der Waals surface area (Å²) in [6, 6.07) is -0.294. The van der Waals surface area contributed by atoms with Gasteiger partial charge in [0.1, 0.15) is 0 Å². The molecule has 0 saturated carbocycles. The van der Waals surface area contributed by atoms with Crippen LogP contribution < -0.4 is 5.32 Å². The van der Waals surface area contributed by atoms with Crippen molar-refractivity contribution in [3.63, 3.8) is 0 Å². The minimum Gasteiger partial charge on any atom is -0.481 e. The highest BCUT2D eigenvalue weighted by Crippen LogP contribution is 2.19. The number of nitrogens with zero attached hydrogens (tertiary/aromatic N) is 1. The Morgan fingerprint density at radius 2 is 2.26 bits per heavy atom. The Morgan fingerprint density at radius 1 is 1.47 bits per heavy atom. The minimum absolute atomic E-state index is 0.0403. The van der Waals surface area contributed by atoms with Gasteiger partial charge in [0, 0.05) is 30.6 Å². The summed E-state index contributed by atoms with van der Waals surface area (Å²) in [4.78, 5) is 24.5. The maximum absolute atomic E-state index is 12.0. The summed E-state index contributed by atoms with van der Waals surface area (Å²) in [6.45, 7) is 4.89. The van der Waals surface area contributed by atoms with Crippen LogP contribution in [-0.2, 0) is 4.79 Å². The number of nitrogens with one attached hydrogen (secondary N) is 1. The zero-order valence-corrected chi connectivity index (χ0v) is 12.0. The number of amides is 2. The molecule has 6 heteroatoms. The van der Waals surface area contributed by atoms with E-state index in [0.717, 1.165) is 30.8 Å². The van der Waals surface area contributed by atoms with Crippen LogP contribution in [0.4, 0.5) is 4.79 Å². The summed E-state index contributed by atoms with van der Waals surface area (Å²) in [5, 5.41) is 11.7. The van der Waals surface area contributed by atoms with Gasteiger partial charge in [0.25, 0.3) is 0 Å². The van der Waals surface area contributed by atoms with Crippen molar-refractivity contribution < 1.29 is 14.7 Å². The predicted molar refractivity (Wildman–Crippen MR) is 77.5 cm³/mol. The molecule has 0 spiro atoms. The smallest absolute Gasteiger partial charge is 0.317 e. The number of piperidine rings is 1. The Kier molecular flexibility index (Phi) is 7.40. The van der Waals surface area contributed by atoms with Crippen molar-refractivity contribution in [3.05, 3.63) is 12.7 Å². The monoisotopic (exact) mass is 286 g/mol. The number of carbonyl (C=O) groups is 2. The number of rotatable bonds is 7. The zero-order chi connectivity index (χ0) is 14.1. The van der Waals surface area contributed by atoms with Crippen molar-refractivity contribution in [1.82, 2.24) is 10.2 Å². The molecule has 5 nitrogen and oxygen atoms in total. The van der Waals surface area contributed by atoms with E-state index in [1.54, 1.807) is 16.7 Å². The lowest BCUT2D eigenvalue weighted by atomic mass is 10.00. The normalized spacial score (nSPS) is 18.9. The summed E-state index contributed by atoms with van der Waals surface area (Å²) in [5.74, 6) is 0.877. The maximum atomic E-state index is 12.0. The summed E-state index contributed by atoms with van der Waals surface area (Å²) < 4.78 is 0. The highest BCUT2D eigenvalue weighted by Gasteiger charge is 2.28. The number of carboxylic acid groups (broad SMARTS) is 1. The van der Waals surface area contributed by atoms with E-state index in [9.17, 15) is 9.59 Å². The molecule has 0 aromatic heterocycles. The van der Waals surface area contributed by atoms with E-state index in [1.807, 2.05) is 6.08 Å². The third-order valence-electron chi connectivity index (χ3n) is 3.06. The Bertz CT molecular complexity index is 323. The molecule has 108 valence electrons. The quantitative estimate of drug-likeness (QED) is 0.554. The number of aliphatic carboxylic acids is 1. The van der Waals surface area contributed by atoms with Crippen molar-refractivity contribution in [2.45, 2.75) is 31.7 Å². The second-order valence-corrected chi connectivity index (χ2v) is 5.69. The molecule has 0 bridgehead atoms. The van der Waals surface area contributed by atoms with E-state index in [1.165, 1.54) is 0 Å². The minimum atomic E-state index is -0.841. The van der Waals surface area contributed by atoms with E-state index in [-0.39, 0.29) is 18.5 Å². The third kappa shape index (κ3) is 6.00. The number of carboxylic acids is 1.